The van der Waals surface area contributed by atoms with Crippen LogP contribution in [-0.2, 0) is 20.8 Å². The van der Waals surface area contributed by atoms with E-state index in [0.717, 1.165) is 97.2 Å². The number of carbonyl (C=O) groups is 2. The third-order valence-corrected chi connectivity index (χ3v) is 15.5. The van der Waals surface area contributed by atoms with E-state index < -0.39 is 42.0 Å². The van der Waals surface area contributed by atoms with Crippen LogP contribution in [-0.4, -0.2) is 153 Å². The molecule has 2 saturated heterocycles. The highest BCUT2D eigenvalue weighted by atomic mass is 35.5. The number of nitrogens with zero attached hydrogens (tertiary/aromatic N) is 8. The lowest BCUT2D eigenvalue weighted by molar-refractivity contribution is -0.133. The number of nitrogens with one attached hydrogen (secondary N) is 2. The molecule has 2 aliphatic heterocycles. The summed E-state index contributed by atoms with van der Waals surface area (Å²) in [6.45, 7) is 17.9. The summed E-state index contributed by atoms with van der Waals surface area (Å²) in [5.41, 5.74) is 11.5. The average Bonchev–Trinajstić information content (AvgIpc) is 4.13. The van der Waals surface area contributed by atoms with Gasteiger partial charge in [0.2, 0.25) is 5.91 Å². The smallest absolute Gasteiger partial charge is 0.260 e. The molecule has 0 spiro atoms. The highest BCUT2D eigenvalue weighted by Crippen LogP contribution is 2.42. The number of hydrogen-bond acceptors (Lipinski definition) is 18. The summed E-state index contributed by atoms with van der Waals surface area (Å²) in [5, 5.41) is 40.5. The molecular weight excluding hydrogens is 990 g/mol. The van der Waals surface area contributed by atoms with E-state index in [4.69, 9.17) is 36.8 Å². The number of hydrogen-bond donors (Lipinski definition) is 6. The van der Waals surface area contributed by atoms with E-state index in [1.165, 1.54) is 17.5 Å². The first-order valence-corrected chi connectivity index (χ1v) is 27.2. The van der Waals surface area contributed by atoms with Gasteiger partial charge in [-0.25, -0.2) is 19.9 Å². The maximum atomic E-state index is 13.5. The van der Waals surface area contributed by atoms with Gasteiger partial charge in [0.15, 0.2) is 5.13 Å². The van der Waals surface area contributed by atoms with Gasteiger partial charge in [0.1, 0.15) is 34.8 Å². The standard InChI is InChI=1S/C52H72ClN11O7S2/c1-33-12-11-13-39(53)45(33)64(51-56-29-41(73-51)48(54)67)43-27-42(58-35(3)59-43)62-21-19-61(20-22-62)18-9-7-8-10-23-70-24-25-71-31-44(66)60-47(52(4,5)6)50(69)63-30-38(65)26-40(63)49(68)55-28-36-14-16-37(17-15-36)46-34(2)57-32-72-46/h11-17,27,29,32,38,40,44,47,50,60,65-66,69H,7-10,18-26,28,30-31H2,1-6H3,(H2,54,67)(H,55,68)/t38-,40+,44?,47-,50+/m1/s1. The van der Waals surface area contributed by atoms with Crippen LogP contribution < -0.4 is 26.2 Å². The number of aryl methyl sites for hydroxylation is 3. The van der Waals surface area contributed by atoms with Crippen molar-refractivity contribution in [2.75, 3.05) is 75.5 Å². The molecule has 0 saturated carbocycles. The maximum Gasteiger partial charge on any atom is 0.260 e. The quantitative estimate of drug-likeness (QED) is 0.0278. The van der Waals surface area contributed by atoms with Crippen LogP contribution in [0.3, 0.4) is 0 Å². The van der Waals surface area contributed by atoms with Crippen LogP contribution in [0.2, 0.25) is 5.02 Å². The molecule has 0 bridgehead atoms. The Kier molecular flexibility index (Phi) is 20.1. The monoisotopic (exact) mass is 1060 g/mol. The Morgan fingerprint density at radius 3 is 2.38 bits per heavy atom. The summed E-state index contributed by atoms with van der Waals surface area (Å²) in [6.07, 6.45) is 2.83. The predicted molar refractivity (Wildman–Crippen MR) is 288 cm³/mol. The van der Waals surface area contributed by atoms with Crippen molar-refractivity contribution in [2.45, 2.75) is 111 Å². The molecule has 7 rings (SSSR count). The molecule has 2 aliphatic rings. The highest BCUT2D eigenvalue weighted by molar-refractivity contribution is 7.17. The van der Waals surface area contributed by atoms with Gasteiger partial charge in [-0.3, -0.25) is 29.6 Å². The summed E-state index contributed by atoms with van der Waals surface area (Å²) >= 11 is 9.55. The topological polar surface area (TPSA) is 228 Å². The van der Waals surface area contributed by atoms with Crippen molar-refractivity contribution in [1.82, 2.24) is 40.4 Å². The Balaban J connectivity index is 0.770. The number of aliphatic hydroxyl groups is 3. The molecule has 7 N–H and O–H groups in total. The van der Waals surface area contributed by atoms with Gasteiger partial charge in [0.05, 0.1) is 71.0 Å². The Bertz CT molecular complexity index is 2550. The minimum absolute atomic E-state index is 0.0137. The van der Waals surface area contributed by atoms with Gasteiger partial charge in [-0.1, -0.05) is 92.9 Å². The number of carbonyl (C=O) groups excluding carboxylic acids is 2. The molecule has 21 heteroatoms. The van der Waals surface area contributed by atoms with Gasteiger partial charge >= 0.3 is 0 Å². The highest BCUT2D eigenvalue weighted by Gasteiger charge is 2.45. The molecule has 396 valence electrons. The minimum atomic E-state index is -1.17. The van der Waals surface area contributed by atoms with Crippen LogP contribution >= 0.6 is 34.3 Å². The zero-order valence-electron chi connectivity index (χ0n) is 42.8. The summed E-state index contributed by atoms with van der Waals surface area (Å²) in [6, 6.07) is 14.2. The van der Waals surface area contributed by atoms with Gasteiger partial charge in [-0.2, -0.15) is 0 Å². The summed E-state index contributed by atoms with van der Waals surface area (Å²) in [7, 11) is 0. The van der Waals surface area contributed by atoms with E-state index in [1.54, 1.807) is 16.2 Å². The number of aromatic nitrogens is 4. The molecule has 2 amide bonds. The van der Waals surface area contributed by atoms with Crippen LogP contribution in [0.1, 0.15) is 85.2 Å². The number of anilines is 4. The SMILES string of the molecule is Cc1nc(N2CCN(CCCCCCOCCOCC(O)N[C@H]([C@H](O)N3C[C@H](O)C[C@H]3C(=O)NCc3ccc(-c4scnc4C)cc3)C(C)(C)C)CC2)cc(N(c2ncc(C(N)=O)s2)c2c(C)cccc2Cl)n1. The number of ether oxygens (including phenoxy) is 2. The molecule has 18 nitrogen and oxygen atoms in total. The summed E-state index contributed by atoms with van der Waals surface area (Å²) < 4.78 is 11.6. The van der Waals surface area contributed by atoms with E-state index in [9.17, 15) is 24.9 Å². The molecule has 5 aromatic rings. The number of piperazine rings is 1. The number of primary amides is 1. The zero-order chi connectivity index (χ0) is 52.2. The number of nitrogens with two attached hydrogens (primary N) is 1. The molecule has 5 heterocycles. The van der Waals surface area contributed by atoms with Crippen molar-refractivity contribution in [3.63, 3.8) is 0 Å². The van der Waals surface area contributed by atoms with E-state index in [2.05, 4.69) is 30.4 Å². The first-order chi connectivity index (χ1) is 35.0. The van der Waals surface area contributed by atoms with Crippen molar-refractivity contribution >= 4 is 68.5 Å². The van der Waals surface area contributed by atoms with Gasteiger partial charge in [-0.15, -0.1) is 11.3 Å². The van der Waals surface area contributed by atoms with Crippen LogP contribution in [0.15, 0.2) is 60.2 Å². The number of para-hydroxylation sites is 1. The number of β-amino-alcohol motifs (C(OH)–C–C–N with tert-alkyl or cyclic N) is 1. The summed E-state index contributed by atoms with van der Waals surface area (Å²) in [5.74, 6) is 1.21. The number of aliphatic hydroxyl groups excluding tert-OH is 3. The molecule has 3 aromatic heterocycles. The molecule has 2 aromatic carbocycles. The number of halogens is 1. The number of unbranched alkanes of at least 4 members (excludes halogenated alkanes) is 3. The third-order valence-electron chi connectivity index (χ3n) is 13.2. The van der Waals surface area contributed by atoms with Crippen molar-refractivity contribution in [1.29, 1.82) is 0 Å². The maximum absolute atomic E-state index is 13.5. The molecule has 1 unspecified atom stereocenters. The van der Waals surface area contributed by atoms with E-state index in [1.807, 2.05) is 100 Å². The largest absolute Gasteiger partial charge is 0.392 e. The zero-order valence-corrected chi connectivity index (χ0v) is 45.2. The molecule has 0 radical (unpaired) electrons. The Hall–Kier alpha value is -4.71. The molecule has 5 atom stereocenters. The Morgan fingerprint density at radius 2 is 1.70 bits per heavy atom. The van der Waals surface area contributed by atoms with E-state index >= 15 is 0 Å². The fourth-order valence-corrected chi connectivity index (χ4v) is 11.2. The van der Waals surface area contributed by atoms with Crippen LogP contribution in [0.4, 0.5) is 22.5 Å². The second-order valence-electron chi connectivity index (χ2n) is 19.9. The van der Waals surface area contributed by atoms with Crippen molar-refractivity contribution in [3.05, 3.63) is 92.8 Å². The predicted octanol–water partition coefficient (Wildman–Crippen LogP) is 6.31. The normalized spacial score (nSPS) is 18.0. The average molecular weight is 1060 g/mol. The lowest BCUT2D eigenvalue weighted by Gasteiger charge is -2.41. The van der Waals surface area contributed by atoms with Gasteiger partial charge < -0.3 is 40.7 Å². The van der Waals surface area contributed by atoms with Crippen molar-refractivity contribution in [3.8, 4) is 10.4 Å². The van der Waals surface area contributed by atoms with Crippen LogP contribution in [0.25, 0.3) is 10.4 Å². The Morgan fingerprint density at radius 1 is 0.959 bits per heavy atom. The van der Waals surface area contributed by atoms with Crippen LogP contribution in [0.5, 0.6) is 0 Å². The molecule has 73 heavy (non-hydrogen) atoms. The second-order valence-corrected chi connectivity index (χ2v) is 22.2. The van der Waals surface area contributed by atoms with Crippen LogP contribution in [0, 0.1) is 26.2 Å². The fourth-order valence-electron chi connectivity index (χ4n) is 9.30. The van der Waals surface area contributed by atoms with Gasteiger partial charge in [-0.05, 0) is 74.8 Å². The lowest BCUT2D eigenvalue weighted by atomic mass is 9.84. The molecular formula is C52H72ClN11O7S2. The number of rotatable bonds is 25. The van der Waals surface area contributed by atoms with E-state index in [-0.39, 0.29) is 25.5 Å². The number of amides is 2. The minimum Gasteiger partial charge on any atom is -0.392 e. The first-order valence-electron chi connectivity index (χ1n) is 25.1. The first kappa shape index (κ1) is 56.0. The number of benzene rings is 2. The third kappa shape index (κ3) is 15.2. The number of thiazole rings is 2. The molecule has 0 aliphatic carbocycles. The Labute approximate surface area is 441 Å². The summed E-state index contributed by atoms with van der Waals surface area (Å²) in [4.78, 5) is 53.7. The lowest BCUT2D eigenvalue weighted by Crippen LogP contribution is -2.61. The second kappa shape index (κ2) is 26.2. The van der Waals surface area contributed by atoms with Gasteiger partial charge in [0.25, 0.3) is 5.91 Å². The van der Waals surface area contributed by atoms with Crippen molar-refractivity contribution in [2.24, 2.45) is 11.1 Å². The van der Waals surface area contributed by atoms with E-state index in [0.29, 0.717) is 53.0 Å². The molecule has 2 fully saturated rings. The fraction of sp³-hybridized carbons (Fsp3) is 0.538. The number of likely N-dealkylation sites (tertiary alicyclic amines) is 1. The van der Waals surface area contributed by atoms with Crippen molar-refractivity contribution < 1.29 is 34.4 Å². The van der Waals surface area contributed by atoms with Gasteiger partial charge in [0, 0.05) is 51.9 Å².